The highest BCUT2D eigenvalue weighted by atomic mass is 32.2. The van der Waals surface area contributed by atoms with Crippen LogP contribution in [0.1, 0.15) is 49.5 Å². The summed E-state index contributed by atoms with van der Waals surface area (Å²) in [6.07, 6.45) is 1.53. The van der Waals surface area contributed by atoms with Crippen LogP contribution in [0.25, 0.3) is 10.9 Å². The van der Waals surface area contributed by atoms with Crippen molar-refractivity contribution in [3.8, 4) is 11.8 Å². The first kappa shape index (κ1) is 21.7. The molecule has 2 aromatic rings. The number of aromatic nitrogens is 2. The van der Waals surface area contributed by atoms with Crippen molar-refractivity contribution in [2.24, 2.45) is 0 Å². The van der Waals surface area contributed by atoms with E-state index in [1.807, 2.05) is 0 Å². The number of rotatable bonds is 5. The van der Waals surface area contributed by atoms with Gasteiger partial charge in [0.25, 0.3) is 15.7 Å². The van der Waals surface area contributed by atoms with Gasteiger partial charge in [-0.2, -0.15) is 8.42 Å². The molecule has 1 aliphatic rings. The fourth-order valence-electron chi connectivity index (χ4n) is 3.41. The van der Waals surface area contributed by atoms with Crippen LogP contribution in [-0.4, -0.2) is 40.1 Å². The molecule has 2 heterocycles. The Morgan fingerprint density at radius 2 is 2.03 bits per heavy atom. The van der Waals surface area contributed by atoms with Crippen molar-refractivity contribution in [1.82, 2.24) is 14.9 Å². The number of nitrogens with zero attached hydrogens (tertiary/aromatic N) is 2. The fraction of sp³-hybridized carbons (Fsp3) is 0.400. The summed E-state index contributed by atoms with van der Waals surface area (Å²) in [6.45, 7) is 1.64. The number of nitrogens with one attached hydrogen (secondary N) is 1. The van der Waals surface area contributed by atoms with E-state index in [1.165, 1.54) is 4.57 Å². The van der Waals surface area contributed by atoms with Gasteiger partial charge < -0.3 is 0 Å². The van der Waals surface area contributed by atoms with Gasteiger partial charge in [-0.1, -0.05) is 17.9 Å². The molecule has 0 aliphatic carbocycles. The van der Waals surface area contributed by atoms with E-state index < -0.39 is 27.6 Å². The van der Waals surface area contributed by atoms with Crippen molar-refractivity contribution < 1.29 is 22.6 Å². The highest BCUT2D eigenvalue weighted by molar-refractivity contribution is 7.85. The summed E-state index contributed by atoms with van der Waals surface area (Å²) in [7, 11) is -3.98. The molecule has 158 valence electrons. The second-order valence-electron chi connectivity index (χ2n) is 7.05. The number of unbranched alkanes of at least 4 members (excludes halogenated alkanes) is 2. The third kappa shape index (κ3) is 4.93. The van der Waals surface area contributed by atoms with Crippen LogP contribution >= 0.6 is 0 Å². The molecule has 10 heteroatoms. The Hall–Kier alpha value is -3.03. The zero-order valence-corrected chi connectivity index (χ0v) is 17.2. The van der Waals surface area contributed by atoms with E-state index in [4.69, 9.17) is 4.55 Å². The molecule has 1 saturated heterocycles. The van der Waals surface area contributed by atoms with E-state index in [0.29, 0.717) is 35.1 Å². The maximum Gasteiger partial charge on any atom is 0.264 e. The first-order valence-electron chi connectivity index (χ1n) is 9.47. The second-order valence-corrected chi connectivity index (χ2v) is 8.62. The summed E-state index contributed by atoms with van der Waals surface area (Å²) >= 11 is 0. The minimum atomic E-state index is -3.98. The van der Waals surface area contributed by atoms with Gasteiger partial charge in [-0.15, -0.1) is 0 Å². The fourth-order valence-corrected chi connectivity index (χ4v) is 3.98. The first-order chi connectivity index (χ1) is 14.2. The van der Waals surface area contributed by atoms with Gasteiger partial charge >= 0.3 is 0 Å². The van der Waals surface area contributed by atoms with Crippen molar-refractivity contribution in [2.45, 2.75) is 45.1 Å². The summed E-state index contributed by atoms with van der Waals surface area (Å²) in [4.78, 5) is 41.4. The average molecular weight is 431 g/mol. The van der Waals surface area contributed by atoms with Gasteiger partial charge in [-0.3, -0.25) is 28.8 Å². The van der Waals surface area contributed by atoms with E-state index in [-0.39, 0.29) is 30.9 Å². The van der Waals surface area contributed by atoms with Gasteiger partial charge in [0.1, 0.15) is 11.9 Å². The van der Waals surface area contributed by atoms with E-state index in [2.05, 4.69) is 22.1 Å². The van der Waals surface area contributed by atoms with Crippen LogP contribution in [0.5, 0.6) is 0 Å². The summed E-state index contributed by atoms with van der Waals surface area (Å²) in [5, 5.41) is 2.55. The molecule has 3 rings (SSSR count). The van der Waals surface area contributed by atoms with Gasteiger partial charge in [0.2, 0.25) is 11.8 Å². The molecule has 1 unspecified atom stereocenters. The zero-order chi connectivity index (χ0) is 21.9. The molecule has 1 aliphatic heterocycles. The number of carbonyl (C=O) groups is 2. The largest absolute Gasteiger partial charge is 0.295 e. The van der Waals surface area contributed by atoms with E-state index in [9.17, 15) is 22.8 Å². The maximum atomic E-state index is 13.2. The minimum absolute atomic E-state index is 0.144. The SMILES string of the molecule is Cc1nc2cccc(C#CCCCCS(=O)(=O)O)c2c(=O)n1C1CCC(=O)NC1=O. The number of hydrogen-bond donors (Lipinski definition) is 2. The van der Waals surface area contributed by atoms with E-state index in [0.717, 1.165) is 0 Å². The topological polar surface area (TPSA) is 135 Å². The molecule has 0 bridgehead atoms. The quantitative estimate of drug-likeness (QED) is 0.313. The normalized spacial score (nSPS) is 16.8. The van der Waals surface area contributed by atoms with Crippen LogP contribution in [0.3, 0.4) is 0 Å². The summed E-state index contributed by atoms with van der Waals surface area (Å²) in [5.74, 6) is 5.00. The van der Waals surface area contributed by atoms with Crippen molar-refractivity contribution in [1.29, 1.82) is 0 Å². The zero-order valence-electron chi connectivity index (χ0n) is 16.3. The van der Waals surface area contributed by atoms with Crippen LogP contribution < -0.4 is 10.9 Å². The highest BCUT2D eigenvalue weighted by Gasteiger charge is 2.30. The molecule has 0 saturated carbocycles. The molecule has 2 N–H and O–H groups in total. The van der Waals surface area contributed by atoms with Crippen LogP contribution in [-0.2, 0) is 19.7 Å². The molecule has 1 atom stereocenters. The Bertz CT molecular complexity index is 1240. The standard InChI is InChI=1S/C20H21N3O6S/c1-13-21-15-9-6-8-14(7-4-2-3-5-12-30(27,28)29)18(15)20(26)23(13)16-10-11-17(24)22-19(16)25/h6,8-9,16H,2-3,5,10-12H2,1H3,(H,22,24,25)(H,27,28,29). The summed E-state index contributed by atoms with van der Waals surface area (Å²) in [5.41, 5.74) is 0.517. The lowest BCUT2D eigenvalue weighted by atomic mass is 10.0. The monoisotopic (exact) mass is 431 g/mol. The van der Waals surface area contributed by atoms with Crippen LogP contribution in [0.15, 0.2) is 23.0 Å². The lowest BCUT2D eigenvalue weighted by molar-refractivity contribution is -0.135. The third-order valence-corrected chi connectivity index (χ3v) is 5.61. The Morgan fingerprint density at radius 3 is 2.73 bits per heavy atom. The summed E-state index contributed by atoms with van der Waals surface area (Å²) in [6, 6.07) is 4.29. The van der Waals surface area contributed by atoms with Gasteiger partial charge in [-0.25, -0.2) is 4.98 Å². The highest BCUT2D eigenvalue weighted by Crippen LogP contribution is 2.21. The molecule has 1 aromatic carbocycles. The number of carbonyl (C=O) groups excluding carboxylic acids is 2. The number of piperidine rings is 1. The number of fused-ring (bicyclic) bond motifs is 1. The predicted octanol–water partition coefficient (Wildman–Crippen LogP) is 1.09. The third-order valence-electron chi connectivity index (χ3n) is 4.80. The lowest BCUT2D eigenvalue weighted by Crippen LogP contribution is -2.45. The molecule has 1 fully saturated rings. The van der Waals surface area contributed by atoms with Crippen LogP contribution in [0.2, 0.25) is 0 Å². The van der Waals surface area contributed by atoms with Crippen LogP contribution in [0.4, 0.5) is 0 Å². The van der Waals surface area contributed by atoms with Gasteiger partial charge in [0.05, 0.1) is 16.7 Å². The van der Waals surface area contributed by atoms with Crippen molar-refractivity contribution >= 4 is 32.8 Å². The Labute approximate surface area is 173 Å². The molecule has 1 aromatic heterocycles. The van der Waals surface area contributed by atoms with Gasteiger partial charge in [0.15, 0.2) is 0 Å². The second kappa shape index (κ2) is 8.77. The maximum absolute atomic E-state index is 13.2. The number of hydrogen-bond acceptors (Lipinski definition) is 6. The number of benzene rings is 1. The number of amides is 2. The van der Waals surface area contributed by atoms with E-state index in [1.54, 1.807) is 25.1 Å². The van der Waals surface area contributed by atoms with Crippen molar-refractivity contribution in [3.05, 3.63) is 39.9 Å². The first-order valence-corrected chi connectivity index (χ1v) is 11.1. The predicted molar refractivity (Wildman–Crippen MR) is 109 cm³/mol. The molecular weight excluding hydrogens is 410 g/mol. The number of aryl methyl sites for hydroxylation is 1. The van der Waals surface area contributed by atoms with Crippen molar-refractivity contribution in [3.63, 3.8) is 0 Å². The summed E-state index contributed by atoms with van der Waals surface area (Å²) < 4.78 is 31.5. The number of imide groups is 1. The Morgan fingerprint density at radius 1 is 1.27 bits per heavy atom. The van der Waals surface area contributed by atoms with Gasteiger partial charge in [-0.05, 0) is 38.3 Å². The molecule has 2 amide bonds. The smallest absolute Gasteiger partial charge is 0.264 e. The van der Waals surface area contributed by atoms with Crippen molar-refractivity contribution in [2.75, 3.05) is 5.75 Å². The minimum Gasteiger partial charge on any atom is -0.295 e. The van der Waals surface area contributed by atoms with Crippen LogP contribution in [0, 0.1) is 18.8 Å². The van der Waals surface area contributed by atoms with Gasteiger partial charge in [0, 0.05) is 18.4 Å². The molecule has 0 spiro atoms. The molecule has 30 heavy (non-hydrogen) atoms. The molecule has 9 nitrogen and oxygen atoms in total. The lowest BCUT2D eigenvalue weighted by Gasteiger charge is -2.24. The Balaban J connectivity index is 1.92. The van der Waals surface area contributed by atoms with E-state index >= 15 is 0 Å². The molecule has 0 radical (unpaired) electrons. The average Bonchev–Trinajstić information content (AvgIpc) is 2.65. The molecular formula is C20H21N3O6S. The Kier molecular flexibility index (Phi) is 6.34.